The van der Waals surface area contributed by atoms with Crippen molar-refractivity contribution in [2.75, 3.05) is 17.2 Å². The zero-order valence-corrected chi connectivity index (χ0v) is 16.2. The average Bonchev–Trinajstić information content (AvgIpc) is 2.74. The van der Waals surface area contributed by atoms with Gasteiger partial charge in [0.25, 0.3) is 11.5 Å². The first-order valence-corrected chi connectivity index (χ1v) is 9.41. The van der Waals surface area contributed by atoms with E-state index < -0.39 is 11.2 Å². The van der Waals surface area contributed by atoms with E-state index in [1.54, 1.807) is 12.1 Å². The minimum Gasteiger partial charge on any atom is -0.383 e. The number of H-pyrrole nitrogens is 1. The molecule has 0 aliphatic heterocycles. The van der Waals surface area contributed by atoms with Gasteiger partial charge in [0.05, 0.1) is 6.54 Å². The Morgan fingerprint density at radius 1 is 1.14 bits per heavy atom. The molecule has 2 aromatic heterocycles. The van der Waals surface area contributed by atoms with E-state index in [9.17, 15) is 14.4 Å². The van der Waals surface area contributed by atoms with E-state index in [2.05, 4.69) is 9.97 Å². The molecule has 150 valence electrons. The summed E-state index contributed by atoms with van der Waals surface area (Å²) >= 11 is 0. The highest BCUT2D eigenvalue weighted by Crippen LogP contribution is 2.20. The van der Waals surface area contributed by atoms with Gasteiger partial charge in [0, 0.05) is 24.5 Å². The number of aromatic amines is 1. The number of nitrogens with two attached hydrogens (primary N) is 1. The van der Waals surface area contributed by atoms with Crippen molar-refractivity contribution in [1.29, 1.82) is 0 Å². The number of hydrogen-bond donors (Lipinski definition) is 2. The Kier molecular flexibility index (Phi) is 6.23. The Labute approximate surface area is 167 Å². The highest BCUT2D eigenvalue weighted by molar-refractivity contribution is 6.07. The van der Waals surface area contributed by atoms with Crippen LogP contribution >= 0.6 is 0 Å². The lowest BCUT2D eigenvalue weighted by atomic mass is 10.2. The summed E-state index contributed by atoms with van der Waals surface area (Å²) < 4.78 is 1.27. The van der Waals surface area contributed by atoms with Crippen molar-refractivity contribution in [3.05, 3.63) is 86.8 Å². The summed E-state index contributed by atoms with van der Waals surface area (Å²) in [7, 11) is 0. The molecule has 3 N–H and O–H groups in total. The number of benzene rings is 1. The Morgan fingerprint density at radius 3 is 2.48 bits per heavy atom. The second kappa shape index (κ2) is 9.01. The number of anilines is 2. The first-order chi connectivity index (χ1) is 14.0. The highest BCUT2D eigenvalue weighted by atomic mass is 16.2. The molecule has 1 amide bonds. The summed E-state index contributed by atoms with van der Waals surface area (Å²) in [6, 6.07) is 12.4. The number of nitrogen functional groups attached to an aromatic ring is 1. The molecule has 0 saturated carbocycles. The average molecular weight is 393 g/mol. The van der Waals surface area contributed by atoms with Crippen molar-refractivity contribution < 1.29 is 4.79 Å². The molecule has 1 aromatic carbocycles. The predicted octanol–water partition coefficient (Wildman–Crippen LogP) is 2.01. The van der Waals surface area contributed by atoms with Crippen LogP contribution in [0.15, 0.2) is 64.4 Å². The minimum atomic E-state index is -0.685. The minimum absolute atomic E-state index is 0.0178. The van der Waals surface area contributed by atoms with Gasteiger partial charge in [-0.25, -0.2) is 4.79 Å². The third-order valence-corrected chi connectivity index (χ3v) is 4.58. The highest BCUT2D eigenvalue weighted by Gasteiger charge is 2.25. The molecule has 0 aliphatic rings. The Bertz CT molecular complexity index is 1090. The van der Waals surface area contributed by atoms with E-state index >= 15 is 0 Å². The summed E-state index contributed by atoms with van der Waals surface area (Å²) in [4.78, 5) is 45.7. The Morgan fingerprint density at radius 2 is 1.83 bits per heavy atom. The Balaban J connectivity index is 2.10. The van der Waals surface area contributed by atoms with Crippen LogP contribution in [0.3, 0.4) is 0 Å². The standard InChI is InChI=1S/C21H23N5O3/c1-2-3-13-25(20(28)16-9-11-23-12-10-16)17-18(22)26(21(29)24-19(17)27)14-15-7-5-4-6-8-15/h4-12H,2-3,13-14,22H2,1H3,(H,24,27,29). The van der Waals surface area contributed by atoms with Gasteiger partial charge in [-0.3, -0.25) is 24.1 Å². The number of unbranched alkanes of at least 4 members (excludes halogenated alkanes) is 1. The van der Waals surface area contributed by atoms with Crippen LogP contribution in [0.1, 0.15) is 35.7 Å². The zero-order chi connectivity index (χ0) is 20.8. The number of carbonyl (C=O) groups excluding carboxylic acids is 1. The van der Waals surface area contributed by atoms with E-state index in [-0.39, 0.29) is 24.0 Å². The molecule has 0 fully saturated rings. The first-order valence-electron chi connectivity index (χ1n) is 9.41. The first kappa shape index (κ1) is 20.1. The molecule has 3 rings (SSSR count). The smallest absolute Gasteiger partial charge is 0.330 e. The number of carbonyl (C=O) groups is 1. The molecule has 0 aliphatic carbocycles. The lowest BCUT2D eigenvalue weighted by Gasteiger charge is -2.24. The zero-order valence-electron chi connectivity index (χ0n) is 16.2. The van der Waals surface area contributed by atoms with Gasteiger partial charge < -0.3 is 10.6 Å². The Hall–Kier alpha value is -3.68. The quantitative estimate of drug-likeness (QED) is 0.637. The number of amides is 1. The van der Waals surface area contributed by atoms with Crippen LogP contribution in [0.2, 0.25) is 0 Å². The van der Waals surface area contributed by atoms with E-state index in [4.69, 9.17) is 5.73 Å². The molecular weight excluding hydrogens is 370 g/mol. The van der Waals surface area contributed by atoms with Gasteiger partial charge >= 0.3 is 5.69 Å². The maximum absolute atomic E-state index is 13.1. The lowest BCUT2D eigenvalue weighted by molar-refractivity contribution is 0.0986. The lowest BCUT2D eigenvalue weighted by Crippen LogP contribution is -2.41. The van der Waals surface area contributed by atoms with Gasteiger partial charge in [-0.15, -0.1) is 0 Å². The summed E-state index contributed by atoms with van der Waals surface area (Å²) in [6.07, 6.45) is 4.51. The molecule has 0 saturated heterocycles. The molecule has 0 atom stereocenters. The second-order valence-electron chi connectivity index (χ2n) is 6.61. The SMILES string of the molecule is CCCCN(C(=O)c1ccncc1)c1c(N)n(Cc2ccccc2)c(=O)[nH]c1=O. The fourth-order valence-corrected chi connectivity index (χ4v) is 3.04. The largest absolute Gasteiger partial charge is 0.383 e. The van der Waals surface area contributed by atoms with E-state index in [1.165, 1.54) is 21.9 Å². The topological polar surface area (TPSA) is 114 Å². The second-order valence-corrected chi connectivity index (χ2v) is 6.61. The molecule has 2 heterocycles. The van der Waals surface area contributed by atoms with Gasteiger partial charge in [-0.05, 0) is 24.1 Å². The van der Waals surface area contributed by atoms with Crippen LogP contribution in [0, 0.1) is 0 Å². The number of aromatic nitrogens is 3. The van der Waals surface area contributed by atoms with Crippen molar-refractivity contribution in [1.82, 2.24) is 14.5 Å². The number of nitrogens with one attached hydrogen (secondary N) is 1. The summed E-state index contributed by atoms with van der Waals surface area (Å²) in [6.45, 7) is 2.47. The van der Waals surface area contributed by atoms with Crippen molar-refractivity contribution in [3.8, 4) is 0 Å². The third kappa shape index (κ3) is 4.43. The monoisotopic (exact) mass is 393 g/mol. The van der Waals surface area contributed by atoms with Crippen LogP contribution in [0.25, 0.3) is 0 Å². The molecule has 0 spiro atoms. The van der Waals surface area contributed by atoms with Crippen LogP contribution in [0.4, 0.5) is 11.5 Å². The number of rotatable bonds is 7. The third-order valence-electron chi connectivity index (χ3n) is 4.58. The molecule has 0 unspecified atom stereocenters. The van der Waals surface area contributed by atoms with E-state index in [0.29, 0.717) is 18.5 Å². The van der Waals surface area contributed by atoms with Crippen molar-refractivity contribution in [3.63, 3.8) is 0 Å². The summed E-state index contributed by atoms with van der Waals surface area (Å²) in [5, 5.41) is 0. The molecule has 0 radical (unpaired) electrons. The van der Waals surface area contributed by atoms with Gasteiger partial charge in [0.1, 0.15) is 5.82 Å². The van der Waals surface area contributed by atoms with Crippen LogP contribution in [-0.4, -0.2) is 27.0 Å². The van der Waals surface area contributed by atoms with Crippen molar-refractivity contribution >= 4 is 17.4 Å². The van der Waals surface area contributed by atoms with Gasteiger partial charge in [0.15, 0.2) is 5.69 Å². The van der Waals surface area contributed by atoms with E-state index in [0.717, 1.165) is 12.0 Å². The van der Waals surface area contributed by atoms with Gasteiger partial charge in [-0.1, -0.05) is 43.7 Å². The maximum atomic E-state index is 13.1. The van der Waals surface area contributed by atoms with Crippen molar-refractivity contribution in [2.24, 2.45) is 0 Å². The van der Waals surface area contributed by atoms with Crippen LogP contribution in [-0.2, 0) is 6.54 Å². The summed E-state index contributed by atoms with van der Waals surface area (Å²) in [5.74, 6) is -0.413. The fourth-order valence-electron chi connectivity index (χ4n) is 3.04. The van der Waals surface area contributed by atoms with Gasteiger partial charge in [0.2, 0.25) is 0 Å². The van der Waals surface area contributed by atoms with Crippen LogP contribution < -0.4 is 21.9 Å². The molecule has 8 nitrogen and oxygen atoms in total. The molecule has 0 bridgehead atoms. The molecule has 29 heavy (non-hydrogen) atoms. The fraction of sp³-hybridized carbons (Fsp3) is 0.238. The van der Waals surface area contributed by atoms with Crippen LogP contribution in [0.5, 0.6) is 0 Å². The predicted molar refractivity (Wildman–Crippen MR) is 112 cm³/mol. The number of nitrogens with zero attached hydrogens (tertiary/aromatic N) is 3. The molecule has 8 heteroatoms. The van der Waals surface area contributed by atoms with Gasteiger partial charge in [-0.2, -0.15) is 0 Å². The number of hydrogen-bond acceptors (Lipinski definition) is 5. The van der Waals surface area contributed by atoms with Crippen molar-refractivity contribution in [2.45, 2.75) is 26.3 Å². The maximum Gasteiger partial charge on any atom is 0.330 e. The molecular formula is C21H23N5O3. The molecule has 3 aromatic rings. The summed E-state index contributed by atoms with van der Waals surface area (Å²) in [5.41, 5.74) is 6.17. The normalized spacial score (nSPS) is 10.7. The van der Waals surface area contributed by atoms with E-state index in [1.807, 2.05) is 37.3 Å². The number of pyridine rings is 1.